The molecular weight excluding hydrogens is 284 g/mol. The van der Waals surface area contributed by atoms with Gasteiger partial charge in [-0.2, -0.15) is 0 Å². The quantitative estimate of drug-likeness (QED) is 0.733. The van der Waals surface area contributed by atoms with E-state index in [9.17, 15) is 0 Å². The first-order valence-corrected chi connectivity index (χ1v) is 7.86. The van der Waals surface area contributed by atoms with E-state index in [2.05, 4.69) is 39.4 Å². The fourth-order valence-corrected chi connectivity index (χ4v) is 2.83. The summed E-state index contributed by atoms with van der Waals surface area (Å²) in [7, 11) is 0. The smallest absolute Gasteiger partial charge is 0.180 e. The second-order valence-electron chi connectivity index (χ2n) is 4.82. The summed E-state index contributed by atoms with van der Waals surface area (Å²) >= 11 is 1.68. The third-order valence-corrected chi connectivity index (χ3v) is 4.19. The normalized spacial score (nSPS) is 12.5. The summed E-state index contributed by atoms with van der Waals surface area (Å²) in [5.74, 6) is 1.97. The van der Waals surface area contributed by atoms with Gasteiger partial charge in [0.2, 0.25) is 0 Å². The van der Waals surface area contributed by atoms with Crippen molar-refractivity contribution in [3.8, 4) is 0 Å². The number of hydrogen-bond acceptors (Lipinski definition) is 6. The maximum Gasteiger partial charge on any atom is 0.180 e. The van der Waals surface area contributed by atoms with Gasteiger partial charge in [-0.1, -0.05) is 6.92 Å². The zero-order chi connectivity index (χ0) is 14.7. The van der Waals surface area contributed by atoms with Crippen LogP contribution in [0.2, 0.25) is 0 Å². The molecule has 1 atom stereocenters. The molecule has 0 fully saturated rings. The number of anilines is 2. The molecule has 2 N–H and O–H groups in total. The van der Waals surface area contributed by atoms with Crippen molar-refractivity contribution in [1.29, 1.82) is 0 Å². The van der Waals surface area contributed by atoms with Gasteiger partial charge < -0.3 is 15.0 Å². The summed E-state index contributed by atoms with van der Waals surface area (Å²) in [5, 5.41) is 9.76. The average Bonchev–Trinajstić information content (AvgIpc) is 3.15. The monoisotopic (exact) mass is 302 g/mol. The van der Waals surface area contributed by atoms with Crippen LogP contribution in [0.1, 0.15) is 24.8 Å². The average molecular weight is 302 g/mol. The van der Waals surface area contributed by atoms with Crippen LogP contribution in [0.25, 0.3) is 5.65 Å². The topological polar surface area (TPSA) is 67.1 Å². The Bertz CT molecular complexity index is 705. The largest absolute Gasteiger partial charge is 0.369 e. The molecule has 3 heterocycles. The van der Waals surface area contributed by atoms with Crippen molar-refractivity contribution in [3.05, 3.63) is 35.2 Å². The highest BCUT2D eigenvalue weighted by Gasteiger charge is 2.11. The van der Waals surface area contributed by atoms with E-state index in [0.29, 0.717) is 5.92 Å². The molecule has 0 aromatic carbocycles. The van der Waals surface area contributed by atoms with Gasteiger partial charge in [0, 0.05) is 43.0 Å². The van der Waals surface area contributed by atoms with E-state index >= 15 is 0 Å². The highest BCUT2D eigenvalue weighted by atomic mass is 32.1. The Balaban J connectivity index is 1.80. The molecule has 0 spiro atoms. The van der Waals surface area contributed by atoms with Crippen molar-refractivity contribution in [1.82, 2.24) is 19.4 Å². The molecule has 3 rings (SSSR count). The first-order valence-electron chi connectivity index (χ1n) is 6.98. The molecule has 6 nitrogen and oxygen atoms in total. The molecule has 0 amide bonds. The summed E-state index contributed by atoms with van der Waals surface area (Å²) in [6.45, 7) is 5.82. The Kier molecular flexibility index (Phi) is 4.01. The minimum atomic E-state index is 0.338. The predicted octanol–water partition coefficient (Wildman–Crippen LogP) is 2.83. The molecule has 0 aliphatic rings. The molecule has 0 aliphatic heterocycles. The maximum atomic E-state index is 4.59. The molecule has 110 valence electrons. The number of imidazole rings is 1. The van der Waals surface area contributed by atoms with Crippen LogP contribution in [0.4, 0.5) is 11.6 Å². The van der Waals surface area contributed by atoms with Crippen molar-refractivity contribution in [3.63, 3.8) is 0 Å². The van der Waals surface area contributed by atoms with Gasteiger partial charge in [0.1, 0.15) is 5.82 Å². The van der Waals surface area contributed by atoms with E-state index in [-0.39, 0.29) is 0 Å². The van der Waals surface area contributed by atoms with Crippen LogP contribution in [0.3, 0.4) is 0 Å². The molecule has 3 aromatic heterocycles. The number of hydrogen-bond donors (Lipinski definition) is 2. The van der Waals surface area contributed by atoms with Crippen LogP contribution in [0, 0.1) is 0 Å². The lowest BCUT2D eigenvalue weighted by molar-refractivity contribution is 0.791. The van der Waals surface area contributed by atoms with Crippen molar-refractivity contribution in [2.75, 3.05) is 23.7 Å². The van der Waals surface area contributed by atoms with Crippen LogP contribution in [0.15, 0.2) is 30.2 Å². The summed E-state index contributed by atoms with van der Waals surface area (Å²) in [6.07, 6.45) is 7.49. The number of aromatic nitrogens is 4. The highest BCUT2D eigenvalue weighted by Crippen LogP contribution is 2.20. The van der Waals surface area contributed by atoms with E-state index < -0.39 is 0 Å². The van der Waals surface area contributed by atoms with Crippen LogP contribution >= 0.6 is 11.3 Å². The zero-order valence-corrected chi connectivity index (χ0v) is 12.9. The zero-order valence-electron chi connectivity index (χ0n) is 12.1. The lowest BCUT2D eigenvalue weighted by Crippen LogP contribution is -2.13. The lowest BCUT2D eigenvalue weighted by atomic mass is 10.2. The summed E-state index contributed by atoms with van der Waals surface area (Å²) in [6, 6.07) is 0. The summed E-state index contributed by atoms with van der Waals surface area (Å²) in [4.78, 5) is 13.3. The number of thiazole rings is 1. The molecule has 0 bridgehead atoms. The molecule has 1 unspecified atom stereocenters. The number of nitrogens with zero attached hydrogens (tertiary/aromatic N) is 4. The van der Waals surface area contributed by atoms with Crippen LogP contribution in [0.5, 0.6) is 0 Å². The highest BCUT2D eigenvalue weighted by molar-refractivity contribution is 7.09. The van der Waals surface area contributed by atoms with Gasteiger partial charge in [0.25, 0.3) is 0 Å². The van der Waals surface area contributed by atoms with Gasteiger partial charge in [-0.05, 0) is 6.92 Å². The molecule has 0 saturated heterocycles. The minimum absolute atomic E-state index is 0.338. The van der Waals surface area contributed by atoms with Crippen LogP contribution in [-0.4, -0.2) is 32.4 Å². The van der Waals surface area contributed by atoms with Crippen molar-refractivity contribution in [2.24, 2.45) is 0 Å². The molecule has 0 aliphatic carbocycles. The van der Waals surface area contributed by atoms with Gasteiger partial charge >= 0.3 is 0 Å². The Morgan fingerprint density at radius 1 is 1.29 bits per heavy atom. The molecular formula is C14H18N6S. The number of nitrogens with one attached hydrogen (secondary N) is 2. The Morgan fingerprint density at radius 3 is 2.95 bits per heavy atom. The second-order valence-corrected chi connectivity index (χ2v) is 5.74. The fourth-order valence-electron chi connectivity index (χ4n) is 2.13. The second kappa shape index (κ2) is 6.09. The van der Waals surface area contributed by atoms with Gasteiger partial charge in [-0.3, -0.25) is 0 Å². The van der Waals surface area contributed by atoms with E-state index in [1.165, 1.54) is 0 Å². The van der Waals surface area contributed by atoms with E-state index in [0.717, 1.165) is 35.4 Å². The molecule has 7 heteroatoms. The molecule has 3 aromatic rings. The minimum Gasteiger partial charge on any atom is -0.369 e. The maximum absolute atomic E-state index is 4.59. The van der Waals surface area contributed by atoms with Gasteiger partial charge in [-0.15, -0.1) is 11.3 Å². The van der Waals surface area contributed by atoms with Gasteiger partial charge in [0.15, 0.2) is 11.5 Å². The van der Waals surface area contributed by atoms with Crippen LogP contribution < -0.4 is 10.6 Å². The SMILES string of the molecule is CCNc1cn2ccnc2c(NCC(C)c2nccs2)n1. The number of fused-ring (bicyclic) bond motifs is 1. The molecule has 0 radical (unpaired) electrons. The van der Waals surface area contributed by atoms with E-state index in [1.807, 2.05) is 28.4 Å². The lowest BCUT2D eigenvalue weighted by Gasteiger charge is -2.13. The van der Waals surface area contributed by atoms with Gasteiger partial charge in [0.05, 0.1) is 11.2 Å². The Labute approximate surface area is 127 Å². The Hall–Kier alpha value is -2.15. The number of rotatable bonds is 6. The van der Waals surface area contributed by atoms with E-state index in [4.69, 9.17) is 0 Å². The van der Waals surface area contributed by atoms with Crippen molar-refractivity contribution in [2.45, 2.75) is 19.8 Å². The van der Waals surface area contributed by atoms with Crippen molar-refractivity contribution >= 4 is 28.6 Å². The standard InChI is InChI=1S/C14H18N6S/c1-3-15-11-9-20-6-4-16-13(20)12(19-11)18-8-10(2)14-17-5-7-21-14/h4-7,9-10,15H,3,8H2,1-2H3,(H,18,19). The molecule has 0 saturated carbocycles. The third-order valence-electron chi connectivity index (χ3n) is 3.18. The predicted molar refractivity (Wildman–Crippen MR) is 86.2 cm³/mol. The first-order chi connectivity index (χ1) is 10.3. The van der Waals surface area contributed by atoms with Crippen LogP contribution in [-0.2, 0) is 0 Å². The molecule has 21 heavy (non-hydrogen) atoms. The third kappa shape index (κ3) is 2.97. The van der Waals surface area contributed by atoms with Crippen molar-refractivity contribution < 1.29 is 0 Å². The van der Waals surface area contributed by atoms with E-state index in [1.54, 1.807) is 17.5 Å². The Morgan fingerprint density at radius 2 is 2.19 bits per heavy atom. The summed E-state index contributed by atoms with van der Waals surface area (Å²) in [5.41, 5.74) is 0.836. The fraction of sp³-hybridized carbons (Fsp3) is 0.357. The van der Waals surface area contributed by atoms with Gasteiger partial charge in [-0.25, -0.2) is 15.0 Å². The first kappa shape index (κ1) is 13.8. The summed E-state index contributed by atoms with van der Waals surface area (Å²) < 4.78 is 1.97.